The number of carbonyl (C=O) groups is 1. The highest BCUT2D eigenvalue weighted by Gasteiger charge is 2.38. The highest BCUT2D eigenvalue weighted by Crippen LogP contribution is 2.34. The zero-order chi connectivity index (χ0) is 26.0. The van der Waals surface area contributed by atoms with Crippen LogP contribution in [0.25, 0.3) is 0 Å². The van der Waals surface area contributed by atoms with Crippen LogP contribution in [0.2, 0.25) is 0 Å². The van der Waals surface area contributed by atoms with E-state index < -0.39 is 28.0 Å². The lowest BCUT2D eigenvalue weighted by molar-refractivity contribution is 0.0563. The van der Waals surface area contributed by atoms with Gasteiger partial charge in [0.25, 0.3) is 5.91 Å². The lowest BCUT2D eigenvalue weighted by Gasteiger charge is -2.37. The third-order valence-electron chi connectivity index (χ3n) is 6.54. The molecule has 0 spiro atoms. The van der Waals surface area contributed by atoms with Gasteiger partial charge in [-0.1, -0.05) is 24.8 Å². The Hall–Kier alpha value is -2.93. The molecule has 1 N–H and O–H groups in total. The fourth-order valence-corrected chi connectivity index (χ4v) is 5.95. The minimum atomic E-state index is -3.96. The minimum absolute atomic E-state index is 0.00391. The molecular formula is C27H31FN2O5S. The van der Waals surface area contributed by atoms with Gasteiger partial charge in [0, 0.05) is 42.6 Å². The molecule has 1 saturated carbocycles. The van der Waals surface area contributed by atoms with Crippen LogP contribution < -0.4 is 4.74 Å². The maximum Gasteiger partial charge on any atom is 0.253 e. The topological polar surface area (TPSA) is 87.2 Å². The van der Waals surface area contributed by atoms with Crippen molar-refractivity contribution in [1.82, 2.24) is 9.21 Å². The standard InChI is InChI=1S/C27H31FN2O5S/c1-18-15-30(19(2)17-31)36(33,34)26-12-11-21(10-9-20-7-8-20)13-24(26)35-25(18)16-29(3)27(32)22-5-4-6-23(28)14-22/h4-6,11-14,18-20,25,31H,7-8,15-17H2,1-3H3/t18-,19+,25+/m0/s1. The molecule has 0 radical (unpaired) electrons. The molecule has 1 amide bonds. The lowest BCUT2D eigenvalue weighted by Crippen LogP contribution is -2.50. The van der Waals surface area contributed by atoms with E-state index in [2.05, 4.69) is 11.8 Å². The average Bonchev–Trinajstić information content (AvgIpc) is 3.68. The normalized spacial score (nSPS) is 22.1. The summed E-state index contributed by atoms with van der Waals surface area (Å²) in [4.78, 5) is 14.4. The van der Waals surface area contributed by atoms with Gasteiger partial charge >= 0.3 is 0 Å². The SMILES string of the molecule is C[C@H](CO)N1C[C@H](C)[C@@H](CN(C)C(=O)c2cccc(F)c2)Oc2cc(C#CC3CC3)ccc2S1(=O)=O. The Labute approximate surface area is 211 Å². The number of sulfonamides is 1. The van der Waals surface area contributed by atoms with Crippen LogP contribution >= 0.6 is 0 Å². The summed E-state index contributed by atoms with van der Waals surface area (Å²) in [6.45, 7) is 3.40. The lowest BCUT2D eigenvalue weighted by atomic mass is 10.0. The number of carbonyl (C=O) groups excluding carboxylic acids is 1. The van der Waals surface area contributed by atoms with Crippen LogP contribution in [0.5, 0.6) is 5.75 Å². The molecule has 0 aromatic heterocycles. The summed E-state index contributed by atoms with van der Waals surface area (Å²) in [5.74, 6) is 5.62. The summed E-state index contributed by atoms with van der Waals surface area (Å²) in [5.41, 5.74) is 0.862. The van der Waals surface area contributed by atoms with E-state index in [-0.39, 0.29) is 47.7 Å². The van der Waals surface area contributed by atoms with Gasteiger partial charge in [0.05, 0.1) is 13.2 Å². The molecule has 2 aliphatic rings. The number of ether oxygens (including phenoxy) is 1. The van der Waals surface area contributed by atoms with Gasteiger partial charge in [0.2, 0.25) is 10.0 Å². The number of nitrogens with zero attached hydrogens (tertiary/aromatic N) is 2. The third kappa shape index (κ3) is 5.72. The van der Waals surface area contributed by atoms with E-state index in [1.54, 1.807) is 32.2 Å². The van der Waals surface area contributed by atoms with Crippen LogP contribution in [-0.4, -0.2) is 67.5 Å². The Bertz CT molecular complexity index is 1300. The van der Waals surface area contributed by atoms with Crippen molar-refractivity contribution in [1.29, 1.82) is 0 Å². The predicted molar refractivity (Wildman–Crippen MR) is 133 cm³/mol. The molecule has 0 bridgehead atoms. The summed E-state index contributed by atoms with van der Waals surface area (Å²) in [5, 5.41) is 9.78. The Kier molecular flexibility index (Phi) is 7.69. The van der Waals surface area contributed by atoms with Crippen molar-refractivity contribution in [2.24, 2.45) is 11.8 Å². The first-order valence-corrected chi connectivity index (χ1v) is 13.5. The van der Waals surface area contributed by atoms with Crippen molar-refractivity contribution in [2.45, 2.75) is 43.7 Å². The van der Waals surface area contributed by atoms with E-state index in [1.165, 1.54) is 33.5 Å². The molecule has 192 valence electrons. The molecule has 2 aromatic carbocycles. The van der Waals surface area contributed by atoms with Gasteiger partial charge in [0.15, 0.2) is 0 Å². The van der Waals surface area contributed by atoms with E-state index in [1.807, 2.05) is 6.92 Å². The van der Waals surface area contributed by atoms with Crippen LogP contribution in [-0.2, 0) is 10.0 Å². The highest BCUT2D eigenvalue weighted by molar-refractivity contribution is 7.89. The van der Waals surface area contributed by atoms with Crippen molar-refractivity contribution < 1.29 is 27.4 Å². The van der Waals surface area contributed by atoms with Crippen molar-refractivity contribution in [3.63, 3.8) is 0 Å². The monoisotopic (exact) mass is 514 g/mol. The second-order valence-corrected chi connectivity index (χ2v) is 11.5. The van der Waals surface area contributed by atoms with Crippen LogP contribution in [0.3, 0.4) is 0 Å². The molecule has 36 heavy (non-hydrogen) atoms. The molecule has 0 unspecified atom stereocenters. The Morgan fingerprint density at radius 3 is 2.69 bits per heavy atom. The molecule has 1 fully saturated rings. The van der Waals surface area contributed by atoms with Gasteiger partial charge in [-0.05, 0) is 56.2 Å². The molecular weight excluding hydrogens is 483 g/mol. The van der Waals surface area contributed by atoms with Gasteiger partial charge < -0.3 is 14.7 Å². The Morgan fingerprint density at radius 2 is 2.03 bits per heavy atom. The summed E-state index contributed by atoms with van der Waals surface area (Å²) in [7, 11) is -2.36. The number of halogens is 1. The van der Waals surface area contributed by atoms with Gasteiger partial charge in [-0.2, -0.15) is 4.31 Å². The van der Waals surface area contributed by atoms with Gasteiger partial charge in [-0.3, -0.25) is 4.79 Å². The first-order chi connectivity index (χ1) is 17.1. The second kappa shape index (κ2) is 10.6. The summed E-state index contributed by atoms with van der Waals surface area (Å²) >= 11 is 0. The molecule has 7 nitrogen and oxygen atoms in total. The number of aliphatic hydroxyl groups excluding tert-OH is 1. The van der Waals surface area contributed by atoms with Crippen LogP contribution in [0.15, 0.2) is 47.4 Å². The largest absolute Gasteiger partial charge is 0.487 e. The number of hydrogen-bond donors (Lipinski definition) is 1. The molecule has 1 aliphatic heterocycles. The number of rotatable bonds is 5. The number of likely N-dealkylation sites (N-methyl/N-ethyl adjacent to an activating group) is 1. The van der Waals surface area contributed by atoms with Crippen molar-refractivity contribution in [3.8, 4) is 17.6 Å². The van der Waals surface area contributed by atoms with Gasteiger partial charge in [-0.15, -0.1) is 0 Å². The van der Waals surface area contributed by atoms with Crippen molar-refractivity contribution in [2.75, 3.05) is 26.7 Å². The minimum Gasteiger partial charge on any atom is -0.487 e. The first kappa shape index (κ1) is 26.1. The third-order valence-corrected chi connectivity index (χ3v) is 8.56. The highest BCUT2D eigenvalue weighted by atomic mass is 32.2. The smallest absolute Gasteiger partial charge is 0.253 e. The fourth-order valence-electron chi connectivity index (χ4n) is 4.13. The zero-order valence-corrected chi connectivity index (χ0v) is 21.5. The van der Waals surface area contributed by atoms with E-state index in [9.17, 15) is 22.7 Å². The van der Waals surface area contributed by atoms with E-state index in [0.29, 0.717) is 11.5 Å². The zero-order valence-electron chi connectivity index (χ0n) is 20.6. The number of aliphatic hydroxyl groups is 1. The Balaban J connectivity index is 1.69. The van der Waals surface area contributed by atoms with Crippen LogP contribution in [0, 0.1) is 29.5 Å². The summed E-state index contributed by atoms with van der Waals surface area (Å²) in [6, 6.07) is 9.61. The second-order valence-electron chi connectivity index (χ2n) is 9.64. The number of hydrogen-bond acceptors (Lipinski definition) is 5. The molecule has 9 heteroatoms. The molecule has 1 aliphatic carbocycles. The predicted octanol–water partition coefficient (Wildman–Crippen LogP) is 3.13. The van der Waals surface area contributed by atoms with E-state index >= 15 is 0 Å². The van der Waals surface area contributed by atoms with Crippen LogP contribution in [0.4, 0.5) is 4.39 Å². The average molecular weight is 515 g/mol. The molecule has 4 rings (SSSR count). The van der Waals surface area contributed by atoms with E-state index in [0.717, 1.165) is 12.8 Å². The molecule has 0 saturated heterocycles. The number of amides is 1. The summed E-state index contributed by atoms with van der Waals surface area (Å²) in [6.07, 6.45) is 1.58. The van der Waals surface area contributed by atoms with E-state index in [4.69, 9.17) is 4.74 Å². The van der Waals surface area contributed by atoms with Crippen LogP contribution in [0.1, 0.15) is 42.6 Å². The number of fused-ring (bicyclic) bond motifs is 1. The van der Waals surface area contributed by atoms with Crippen molar-refractivity contribution in [3.05, 3.63) is 59.4 Å². The number of benzene rings is 2. The molecule has 3 atom stereocenters. The first-order valence-electron chi connectivity index (χ1n) is 12.1. The molecule has 2 aromatic rings. The fraction of sp³-hybridized carbons (Fsp3) is 0.444. The van der Waals surface area contributed by atoms with Gasteiger partial charge in [-0.25, -0.2) is 12.8 Å². The quantitative estimate of drug-likeness (QED) is 0.620. The maximum absolute atomic E-state index is 13.7. The Morgan fingerprint density at radius 1 is 1.28 bits per heavy atom. The summed E-state index contributed by atoms with van der Waals surface area (Å²) < 4.78 is 48.4. The van der Waals surface area contributed by atoms with Crippen molar-refractivity contribution >= 4 is 15.9 Å². The maximum atomic E-state index is 13.7. The molecule has 1 heterocycles. The van der Waals surface area contributed by atoms with Gasteiger partial charge in [0.1, 0.15) is 22.6 Å².